The average Bonchev–Trinajstić information content (AvgIpc) is 3.19. The fraction of sp³-hybridized carbons (Fsp3) is 0.520. The molecule has 1 aromatic rings. The van der Waals surface area contributed by atoms with Gasteiger partial charge in [0.1, 0.15) is 6.10 Å². The van der Waals surface area contributed by atoms with E-state index >= 15 is 0 Å². The number of hydrogen-bond acceptors (Lipinski definition) is 6. The van der Waals surface area contributed by atoms with Crippen molar-refractivity contribution in [1.29, 1.82) is 0 Å². The van der Waals surface area contributed by atoms with Gasteiger partial charge in [-0.1, -0.05) is 19.9 Å². The first kappa shape index (κ1) is 21.5. The van der Waals surface area contributed by atoms with Crippen LogP contribution in [0.25, 0.3) is 0 Å². The van der Waals surface area contributed by atoms with E-state index in [9.17, 15) is 14.7 Å². The van der Waals surface area contributed by atoms with Crippen molar-refractivity contribution in [2.24, 2.45) is 5.41 Å². The van der Waals surface area contributed by atoms with E-state index in [4.69, 9.17) is 9.47 Å². The summed E-state index contributed by atoms with van der Waals surface area (Å²) in [6.45, 7) is 6.03. The average molecular weight is 426 g/mol. The number of ketones is 1. The molecule has 2 aliphatic carbocycles. The lowest BCUT2D eigenvalue weighted by Crippen LogP contribution is -2.39. The summed E-state index contributed by atoms with van der Waals surface area (Å²) < 4.78 is 11.2. The number of allylic oxidation sites excluding steroid dienone is 3. The second-order valence-electron chi connectivity index (χ2n) is 9.67. The predicted octanol–water partition coefficient (Wildman–Crippen LogP) is 4.49. The van der Waals surface area contributed by atoms with Gasteiger partial charge in [0.15, 0.2) is 17.3 Å². The van der Waals surface area contributed by atoms with Crippen molar-refractivity contribution in [3.05, 3.63) is 46.3 Å². The third-order valence-corrected chi connectivity index (χ3v) is 6.57. The smallest absolute Gasteiger partial charge is 0.337 e. The molecular weight excluding hydrogens is 394 g/mol. The molecule has 6 heteroatoms. The van der Waals surface area contributed by atoms with E-state index in [2.05, 4.69) is 19.2 Å². The minimum Gasteiger partial charge on any atom is -0.504 e. The third-order valence-electron chi connectivity index (χ3n) is 6.57. The van der Waals surface area contributed by atoms with Crippen LogP contribution in [0.5, 0.6) is 11.5 Å². The maximum Gasteiger partial charge on any atom is 0.337 e. The van der Waals surface area contributed by atoms with Gasteiger partial charge in [-0.15, -0.1) is 0 Å². The van der Waals surface area contributed by atoms with Crippen molar-refractivity contribution in [1.82, 2.24) is 5.32 Å². The fourth-order valence-electron chi connectivity index (χ4n) is 5.13. The van der Waals surface area contributed by atoms with Gasteiger partial charge in [0, 0.05) is 29.3 Å². The first-order valence-electron chi connectivity index (χ1n) is 11.0. The molecule has 1 heterocycles. The van der Waals surface area contributed by atoms with Gasteiger partial charge in [-0.3, -0.25) is 4.79 Å². The number of phenols is 1. The lowest BCUT2D eigenvalue weighted by atomic mass is 9.68. The van der Waals surface area contributed by atoms with Crippen LogP contribution in [0, 0.1) is 5.41 Å². The molecule has 0 amide bonds. The first-order chi connectivity index (χ1) is 14.7. The van der Waals surface area contributed by atoms with Crippen LogP contribution in [-0.4, -0.2) is 30.1 Å². The number of benzene rings is 1. The molecule has 1 saturated carbocycles. The van der Waals surface area contributed by atoms with Crippen molar-refractivity contribution in [2.75, 3.05) is 7.11 Å². The van der Waals surface area contributed by atoms with Crippen LogP contribution >= 0.6 is 0 Å². The molecule has 0 aromatic heterocycles. The highest BCUT2D eigenvalue weighted by molar-refractivity contribution is 6.04. The molecule has 1 atom stereocenters. The number of carbonyl (C=O) groups excluding carboxylic acids is 2. The summed E-state index contributed by atoms with van der Waals surface area (Å²) in [5.41, 5.74) is 3.25. The molecule has 0 bridgehead atoms. The van der Waals surface area contributed by atoms with Crippen LogP contribution in [0.3, 0.4) is 0 Å². The highest BCUT2D eigenvalue weighted by Crippen LogP contribution is 2.48. The number of rotatable bonds is 4. The Balaban J connectivity index is 1.81. The van der Waals surface area contributed by atoms with Crippen molar-refractivity contribution in [3.8, 4) is 11.5 Å². The largest absolute Gasteiger partial charge is 0.504 e. The van der Waals surface area contributed by atoms with Crippen LogP contribution in [-0.2, 0) is 14.3 Å². The number of Topliss-reactive ketones (excluding diaryl/α,β-unsaturated/α-hetero) is 1. The number of phenolic OH excluding ortho intramolecular Hbond substituents is 1. The lowest BCUT2D eigenvalue weighted by molar-refractivity contribution is -0.144. The molecule has 0 saturated heterocycles. The molecule has 1 aromatic carbocycles. The van der Waals surface area contributed by atoms with E-state index < -0.39 is 5.92 Å². The molecule has 31 heavy (non-hydrogen) atoms. The first-order valence-corrected chi connectivity index (χ1v) is 11.0. The second kappa shape index (κ2) is 8.06. The number of esters is 1. The summed E-state index contributed by atoms with van der Waals surface area (Å²) in [5, 5.41) is 13.4. The maximum atomic E-state index is 13.3. The number of aromatic hydroxyl groups is 1. The van der Waals surface area contributed by atoms with Crippen LogP contribution < -0.4 is 10.1 Å². The molecule has 3 aliphatic rings. The van der Waals surface area contributed by atoms with Crippen LogP contribution in [0.1, 0.15) is 70.8 Å². The number of nitrogens with one attached hydrogen (secondary N) is 1. The van der Waals surface area contributed by atoms with E-state index in [0.29, 0.717) is 29.0 Å². The second-order valence-corrected chi connectivity index (χ2v) is 9.67. The van der Waals surface area contributed by atoms with E-state index in [1.54, 1.807) is 18.2 Å². The van der Waals surface area contributed by atoms with Gasteiger partial charge in [-0.05, 0) is 62.1 Å². The van der Waals surface area contributed by atoms with Gasteiger partial charge in [-0.25, -0.2) is 4.79 Å². The SMILES string of the molecule is COc1cc([C@H]2C(C(=O)OC3CCCC3)=C(C)NC3=C2C(=O)CC(C)(C)C3)ccc1O. The summed E-state index contributed by atoms with van der Waals surface area (Å²) in [6.07, 6.45) is 4.96. The highest BCUT2D eigenvalue weighted by atomic mass is 16.5. The van der Waals surface area contributed by atoms with E-state index in [-0.39, 0.29) is 29.0 Å². The summed E-state index contributed by atoms with van der Waals surface area (Å²) in [4.78, 5) is 26.7. The Morgan fingerprint density at radius 2 is 1.90 bits per heavy atom. The summed E-state index contributed by atoms with van der Waals surface area (Å²) >= 11 is 0. The zero-order chi connectivity index (χ0) is 22.3. The van der Waals surface area contributed by atoms with E-state index in [1.807, 2.05) is 6.92 Å². The van der Waals surface area contributed by atoms with Gasteiger partial charge in [0.25, 0.3) is 0 Å². The van der Waals surface area contributed by atoms with Crippen molar-refractivity contribution >= 4 is 11.8 Å². The molecular formula is C25H31NO5. The molecule has 0 spiro atoms. The molecule has 0 radical (unpaired) electrons. The molecule has 4 rings (SSSR count). The third kappa shape index (κ3) is 4.08. The molecule has 2 N–H and O–H groups in total. The quantitative estimate of drug-likeness (QED) is 0.692. The molecule has 6 nitrogen and oxygen atoms in total. The Kier molecular flexibility index (Phi) is 5.58. The predicted molar refractivity (Wildman–Crippen MR) is 117 cm³/mol. The van der Waals surface area contributed by atoms with Crippen LogP contribution in [0.4, 0.5) is 0 Å². The summed E-state index contributed by atoms with van der Waals surface area (Å²) in [6, 6.07) is 5.00. The Morgan fingerprint density at radius 1 is 1.19 bits per heavy atom. The van der Waals surface area contributed by atoms with Gasteiger partial charge in [0.2, 0.25) is 0 Å². The topological polar surface area (TPSA) is 84.9 Å². The standard InChI is InChI=1S/C25H31NO5/c1-14-21(24(29)31-16-7-5-6-8-16)22(15-9-10-18(27)20(11-15)30-4)23-17(26-14)12-25(2,3)13-19(23)28/h9-11,16,22,26-27H,5-8,12-13H2,1-4H3/t22-/m0/s1. The van der Waals surface area contributed by atoms with Crippen molar-refractivity contribution in [3.63, 3.8) is 0 Å². The van der Waals surface area contributed by atoms with Gasteiger partial charge in [0.05, 0.1) is 12.7 Å². The maximum absolute atomic E-state index is 13.3. The van der Waals surface area contributed by atoms with Gasteiger partial charge < -0.3 is 19.9 Å². The molecule has 1 fully saturated rings. The number of ether oxygens (including phenoxy) is 2. The number of hydrogen-bond donors (Lipinski definition) is 2. The molecule has 166 valence electrons. The van der Waals surface area contributed by atoms with Crippen LogP contribution in [0.2, 0.25) is 0 Å². The Bertz CT molecular complexity index is 982. The minimum atomic E-state index is -0.553. The summed E-state index contributed by atoms with van der Waals surface area (Å²) in [7, 11) is 1.48. The highest BCUT2D eigenvalue weighted by Gasteiger charge is 2.43. The molecule has 0 unspecified atom stereocenters. The number of methoxy groups -OCH3 is 1. The Hall–Kier alpha value is -2.76. The number of carbonyl (C=O) groups is 2. The Labute approximate surface area is 183 Å². The van der Waals surface area contributed by atoms with Crippen molar-refractivity contribution in [2.45, 2.75) is 71.3 Å². The fourth-order valence-corrected chi connectivity index (χ4v) is 5.13. The monoisotopic (exact) mass is 425 g/mol. The van der Waals surface area contributed by atoms with E-state index in [1.165, 1.54) is 7.11 Å². The number of dihydropyridines is 1. The normalized spacial score (nSPS) is 23.5. The minimum absolute atomic E-state index is 0.0151. The van der Waals surface area contributed by atoms with E-state index in [0.717, 1.165) is 43.4 Å². The summed E-state index contributed by atoms with van der Waals surface area (Å²) in [5.74, 6) is -0.569. The van der Waals surface area contributed by atoms with Gasteiger partial charge in [-0.2, -0.15) is 0 Å². The zero-order valence-corrected chi connectivity index (χ0v) is 18.7. The lowest BCUT2D eigenvalue weighted by Gasteiger charge is -2.39. The Morgan fingerprint density at radius 3 is 2.58 bits per heavy atom. The van der Waals surface area contributed by atoms with Crippen molar-refractivity contribution < 1.29 is 24.2 Å². The zero-order valence-electron chi connectivity index (χ0n) is 18.7. The van der Waals surface area contributed by atoms with Gasteiger partial charge >= 0.3 is 5.97 Å². The van der Waals surface area contributed by atoms with Crippen LogP contribution in [0.15, 0.2) is 40.7 Å². The molecule has 1 aliphatic heterocycles.